The van der Waals surface area contributed by atoms with E-state index in [1.807, 2.05) is 0 Å². The number of aromatic nitrogens is 1. The number of urea groups is 1. The highest BCUT2D eigenvalue weighted by Crippen LogP contribution is 2.25. The second-order valence-corrected chi connectivity index (χ2v) is 4.85. The monoisotopic (exact) mass is 329 g/mol. The molecule has 0 spiro atoms. The third-order valence-corrected chi connectivity index (χ3v) is 2.85. The van der Waals surface area contributed by atoms with Crippen molar-refractivity contribution in [2.75, 3.05) is 10.6 Å². The number of hydrogen-bond donors (Lipinski definition) is 2. The Hall–Kier alpha value is -1.53. The van der Waals surface area contributed by atoms with E-state index >= 15 is 0 Å². The molecule has 5 nitrogen and oxygen atoms in total. The molecule has 1 aromatic heterocycles. The number of anilines is 2. The SMILES string of the molecule is Cc1cc(NC(=O)Nc2ccc(Br)cc2Cl)no1. The highest BCUT2D eigenvalue weighted by molar-refractivity contribution is 9.10. The van der Waals surface area contributed by atoms with E-state index in [9.17, 15) is 4.79 Å². The number of nitrogens with zero attached hydrogens (tertiary/aromatic N) is 1. The molecule has 0 aliphatic carbocycles. The molecule has 2 rings (SSSR count). The van der Waals surface area contributed by atoms with Gasteiger partial charge in [0.05, 0.1) is 10.7 Å². The number of nitrogens with one attached hydrogen (secondary N) is 2. The lowest BCUT2D eigenvalue weighted by Crippen LogP contribution is -2.19. The van der Waals surface area contributed by atoms with E-state index < -0.39 is 6.03 Å². The molecule has 2 amide bonds. The second-order valence-electron chi connectivity index (χ2n) is 3.53. The van der Waals surface area contributed by atoms with Crippen molar-refractivity contribution in [1.29, 1.82) is 0 Å². The van der Waals surface area contributed by atoms with E-state index in [0.29, 0.717) is 22.3 Å². The minimum atomic E-state index is -0.437. The van der Waals surface area contributed by atoms with Gasteiger partial charge >= 0.3 is 6.03 Å². The van der Waals surface area contributed by atoms with Gasteiger partial charge in [0.15, 0.2) is 5.82 Å². The van der Waals surface area contributed by atoms with Crippen LogP contribution < -0.4 is 10.6 Å². The second kappa shape index (κ2) is 5.41. The van der Waals surface area contributed by atoms with Crippen molar-refractivity contribution in [3.05, 3.63) is 39.5 Å². The molecular weight excluding hydrogens is 321 g/mol. The van der Waals surface area contributed by atoms with Gasteiger partial charge < -0.3 is 9.84 Å². The molecule has 0 bridgehead atoms. The quantitative estimate of drug-likeness (QED) is 0.873. The number of amides is 2. The van der Waals surface area contributed by atoms with Gasteiger partial charge in [-0.2, -0.15) is 0 Å². The first kappa shape index (κ1) is 12.9. The summed E-state index contributed by atoms with van der Waals surface area (Å²) in [7, 11) is 0. The van der Waals surface area contributed by atoms with Gasteiger partial charge in [-0.1, -0.05) is 32.7 Å². The number of benzene rings is 1. The number of carbonyl (C=O) groups is 1. The van der Waals surface area contributed by atoms with Crippen molar-refractivity contribution in [1.82, 2.24) is 5.16 Å². The van der Waals surface area contributed by atoms with Crippen molar-refractivity contribution in [2.45, 2.75) is 6.92 Å². The van der Waals surface area contributed by atoms with E-state index in [1.54, 1.807) is 31.2 Å². The van der Waals surface area contributed by atoms with Crippen LogP contribution in [0.15, 0.2) is 33.3 Å². The van der Waals surface area contributed by atoms with E-state index in [0.717, 1.165) is 4.47 Å². The minimum absolute atomic E-state index is 0.346. The zero-order chi connectivity index (χ0) is 13.1. The van der Waals surface area contributed by atoms with Crippen LogP contribution in [0.4, 0.5) is 16.3 Å². The standard InChI is InChI=1S/C11H9BrClN3O2/c1-6-4-10(16-18-6)15-11(17)14-9-3-2-7(12)5-8(9)13/h2-5H,1H3,(H2,14,15,16,17). The van der Waals surface area contributed by atoms with E-state index in [2.05, 4.69) is 31.7 Å². The van der Waals surface area contributed by atoms with Crippen LogP contribution in [0.1, 0.15) is 5.76 Å². The molecular formula is C11H9BrClN3O2. The summed E-state index contributed by atoms with van der Waals surface area (Å²) < 4.78 is 5.67. The number of aryl methyl sites for hydroxylation is 1. The average molecular weight is 331 g/mol. The van der Waals surface area contributed by atoms with Crippen LogP contribution in [0.25, 0.3) is 0 Å². The summed E-state index contributed by atoms with van der Waals surface area (Å²) in [6.45, 7) is 1.74. The topological polar surface area (TPSA) is 67.2 Å². The Morgan fingerprint density at radius 1 is 1.39 bits per heavy atom. The van der Waals surface area contributed by atoms with Crippen LogP contribution in [-0.2, 0) is 0 Å². The first-order valence-electron chi connectivity index (χ1n) is 5.01. The summed E-state index contributed by atoms with van der Waals surface area (Å²) in [6.07, 6.45) is 0. The Labute approximate surface area is 117 Å². The number of hydrogen-bond acceptors (Lipinski definition) is 3. The van der Waals surface area contributed by atoms with Crippen molar-refractivity contribution in [3.8, 4) is 0 Å². The highest BCUT2D eigenvalue weighted by Gasteiger charge is 2.08. The summed E-state index contributed by atoms with van der Waals surface area (Å²) in [5.41, 5.74) is 0.512. The number of carbonyl (C=O) groups excluding carboxylic acids is 1. The van der Waals surface area contributed by atoms with Crippen LogP contribution in [0.3, 0.4) is 0 Å². The average Bonchev–Trinajstić information content (AvgIpc) is 2.68. The molecule has 0 saturated carbocycles. The predicted octanol–water partition coefficient (Wildman–Crippen LogP) is 4.04. The van der Waals surface area contributed by atoms with Crippen molar-refractivity contribution in [2.24, 2.45) is 0 Å². The van der Waals surface area contributed by atoms with Gasteiger partial charge in [-0.25, -0.2) is 4.79 Å². The molecule has 0 radical (unpaired) electrons. The fourth-order valence-electron chi connectivity index (χ4n) is 1.29. The predicted molar refractivity (Wildman–Crippen MR) is 73.0 cm³/mol. The van der Waals surface area contributed by atoms with Gasteiger partial charge in [0.25, 0.3) is 0 Å². The van der Waals surface area contributed by atoms with E-state index in [-0.39, 0.29) is 0 Å². The molecule has 7 heteroatoms. The first-order valence-corrected chi connectivity index (χ1v) is 6.18. The number of rotatable bonds is 2. The maximum Gasteiger partial charge on any atom is 0.324 e. The summed E-state index contributed by atoms with van der Waals surface area (Å²) in [5.74, 6) is 0.963. The largest absolute Gasteiger partial charge is 0.360 e. The molecule has 1 heterocycles. The first-order chi connectivity index (χ1) is 8.54. The van der Waals surface area contributed by atoms with Crippen LogP contribution in [0.2, 0.25) is 5.02 Å². The molecule has 2 aromatic rings. The summed E-state index contributed by atoms with van der Waals surface area (Å²) >= 11 is 9.26. The van der Waals surface area contributed by atoms with Crippen LogP contribution in [-0.4, -0.2) is 11.2 Å². The molecule has 2 N–H and O–H groups in total. The molecule has 0 saturated heterocycles. The fourth-order valence-corrected chi connectivity index (χ4v) is 2.01. The van der Waals surface area contributed by atoms with E-state index in [4.69, 9.17) is 16.1 Å². The van der Waals surface area contributed by atoms with Gasteiger partial charge in [-0.05, 0) is 25.1 Å². The van der Waals surface area contributed by atoms with E-state index in [1.165, 1.54) is 0 Å². The van der Waals surface area contributed by atoms with Crippen LogP contribution >= 0.6 is 27.5 Å². The smallest absolute Gasteiger partial charge is 0.324 e. The van der Waals surface area contributed by atoms with Crippen molar-refractivity contribution >= 4 is 45.1 Å². The van der Waals surface area contributed by atoms with Gasteiger partial charge in [-0.15, -0.1) is 0 Å². The van der Waals surface area contributed by atoms with Crippen molar-refractivity contribution in [3.63, 3.8) is 0 Å². The lowest BCUT2D eigenvalue weighted by atomic mass is 10.3. The Morgan fingerprint density at radius 2 is 2.17 bits per heavy atom. The fraction of sp³-hybridized carbons (Fsp3) is 0.0909. The molecule has 0 aliphatic rings. The highest BCUT2D eigenvalue weighted by atomic mass is 79.9. The molecule has 0 unspecified atom stereocenters. The van der Waals surface area contributed by atoms with Gasteiger partial charge in [-0.3, -0.25) is 5.32 Å². The minimum Gasteiger partial charge on any atom is -0.360 e. The van der Waals surface area contributed by atoms with Gasteiger partial charge in [0.2, 0.25) is 0 Å². The lowest BCUT2D eigenvalue weighted by molar-refractivity contribution is 0.262. The van der Waals surface area contributed by atoms with Gasteiger partial charge in [0, 0.05) is 10.5 Å². The maximum absolute atomic E-state index is 11.7. The maximum atomic E-state index is 11.7. The Morgan fingerprint density at radius 3 is 2.78 bits per heavy atom. The zero-order valence-electron chi connectivity index (χ0n) is 9.33. The summed E-state index contributed by atoms with van der Waals surface area (Å²) in [4.78, 5) is 11.7. The van der Waals surface area contributed by atoms with Gasteiger partial charge in [0.1, 0.15) is 5.76 Å². The molecule has 1 aromatic carbocycles. The molecule has 0 fully saturated rings. The van der Waals surface area contributed by atoms with Crippen LogP contribution in [0, 0.1) is 6.92 Å². The third kappa shape index (κ3) is 3.24. The third-order valence-electron chi connectivity index (χ3n) is 2.05. The summed E-state index contributed by atoms with van der Waals surface area (Å²) in [6, 6.07) is 6.34. The zero-order valence-corrected chi connectivity index (χ0v) is 11.7. The summed E-state index contributed by atoms with van der Waals surface area (Å²) in [5, 5.41) is 9.23. The normalized spacial score (nSPS) is 10.2. The Balaban J connectivity index is 2.03. The number of halogens is 2. The molecule has 18 heavy (non-hydrogen) atoms. The lowest BCUT2D eigenvalue weighted by Gasteiger charge is -2.07. The molecule has 0 aliphatic heterocycles. The molecule has 0 atom stereocenters. The van der Waals surface area contributed by atoms with Crippen molar-refractivity contribution < 1.29 is 9.32 Å². The van der Waals surface area contributed by atoms with Crippen LogP contribution in [0.5, 0.6) is 0 Å². The molecule has 94 valence electrons. The Bertz CT molecular complexity index is 585. The Kier molecular flexibility index (Phi) is 3.88.